The quantitative estimate of drug-likeness (QED) is 0.480. The van der Waals surface area contributed by atoms with E-state index in [9.17, 15) is 5.26 Å². The van der Waals surface area contributed by atoms with Gasteiger partial charge in [-0.3, -0.25) is 0 Å². The Morgan fingerprint density at radius 1 is 1.11 bits per heavy atom. The molecule has 0 aliphatic carbocycles. The van der Waals surface area contributed by atoms with E-state index >= 15 is 0 Å². The number of halogens is 2. The van der Waals surface area contributed by atoms with Crippen molar-refractivity contribution < 1.29 is 0 Å². The summed E-state index contributed by atoms with van der Waals surface area (Å²) < 4.78 is 0.953. The minimum Gasteiger partial charge on any atom is -0.397 e. The smallest absolute Gasteiger partial charge is 0.102 e. The Hall–Kier alpha value is -1.51. The van der Waals surface area contributed by atoms with Crippen molar-refractivity contribution in [3.63, 3.8) is 0 Å². The second-order valence-corrected chi connectivity index (χ2v) is 5.46. The van der Waals surface area contributed by atoms with Crippen LogP contribution in [0.25, 0.3) is 11.3 Å². The molecule has 0 aliphatic rings. The van der Waals surface area contributed by atoms with E-state index in [1.165, 1.54) is 0 Å². The molecule has 4 heteroatoms. The molecular weight excluding hydrogens is 371 g/mol. The predicted molar refractivity (Wildman–Crippen MR) is 87.2 cm³/mol. The van der Waals surface area contributed by atoms with Crippen molar-refractivity contribution in [3.05, 3.63) is 68.3 Å². The van der Waals surface area contributed by atoms with Gasteiger partial charge in [0, 0.05) is 9.13 Å². The fourth-order valence-corrected chi connectivity index (χ4v) is 2.21. The summed E-state index contributed by atoms with van der Waals surface area (Å²) in [6.45, 7) is 0. The highest BCUT2D eigenvalue weighted by molar-refractivity contribution is 14.1. The molecule has 0 heterocycles. The maximum absolute atomic E-state index is 9.31. The van der Waals surface area contributed by atoms with Crippen LogP contribution in [-0.4, -0.2) is 0 Å². The lowest BCUT2D eigenvalue weighted by molar-refractivity contribution is 1.47. The average molecular weight is 381 g/mol. The monoisotopic (exact) mass is 380 g/mol. The SMILES string of the molecule is N#C/C(=C(/N)c1ccc(I)c(Cl)c1)c1ccccc1. The van der Waals surface area contributed by atoms with Gasteiger partial charge in [0.1, 0.15) is 6.07 Å². The second kappa shape index (κ2) is 6.09. The van der Waals surface area contributed by atoms with Crippen molar-refractivity contribution in [2.75, 3.05) is 0 Å². The third-order valence-corrected chi connectivity index (χ3v) is 4.25. The first-order valence-corrected chi connectivity index (χ1v) is 7.00. The molecule has 2 N–H and O–H groups in total. The van der Waals surface area contributed by atoms with Crippen LogP contribution in [0, 0.1) is 14.9 Å². The molecule has 2 rings (SSSR count). The van der Waals surface area contributed by atoms with E-state index in [0.717, 1.165) is 14.7 Å². The molecule has 0 spiro atoms. The van der Waals surface area contributed by atoms with E-state index in [0.29, 0.717) is 16.3 Å². The van der Waals surface area contributed by atoms with Crippen LogP contribution < -0.4 is 5.73 Å². The lowest BCUT2D eigenvalue weighted by Gasteiger charge is -2.07. The minimum atomic E-state index is 0.437. The summed E-state index contributed by atoms with van der Waals surface area (Å²) in [4.78, 5) is 0. The fourth-order valence-electron chi connectivity index (χ4n) is 1.69. The second-order valence-electron chi connectivity index (χ2n) is 3.90. The summed E-state index contributed by atoms with van der Waals surface area (Å²) in [5.74, 6) is 0. The number of allylic oxidation sites excluding steroid dienone is 1. The number of benzene rings is 2. The molecule has 0 amide bonds. The van der Waals surface area contributed by atoms with Crippen molar-refractivity contribution in [1.29, 1.82) is 5.26 Å². The fraction of sp³-hybridized carbons (Fsp3) is 0. The Morgan fingerprint density at radius 2 is 1.79 bits per heavy atom. The first-order valence-electron chi connectivity index (χ1n) is 5.54. The molecule has 2 aromatic rings. The lowest BCUT2D eigenvalue weighted by Crippen LogP contribution is -2.01. The van der Waals surface area contributed by atoms with Crippen LogP contribution in [0.15, 0.2) is 48.5 Å². The van der Waals surface area contributed by atoms with Crippen LogP contribution in [0.1, 0.15) is 11.1 Å². The normalized spacial score (nSPS) is 11.6. The molecule has 0 aromatic heterocycles. The molecular formula is C15H10ClIN2. The van der Waals surface area contributed by atoms with Crippen LogP contribution in [0.4, 0.5) is 0 Å². The molecule has 0 aliphatic heterocycles. The summed E-state index contributed by atoms with van der Waals surface area (Å²) in [7, 11) is 0. The third-order valence-electron chi connectivity index (χ3n) is 2.67. The molecule has 2 nitrogen and oxygen atoms in total. The molecule has 0 saturated carbocycles. The zero-order valence-corrected chi connectivity index (χ0v) is 12.8. The Labute approximate surface area is 130 Å². The van der Waals surface area contributed by atoms with E-state index in [-0.39, 0.29) is 0 Å². The van der Waals surface area contributed by atoms with Gasteiger partial charge in [-0.2, -0.15) is 5.26 Å². The zero-order chi connectivity index (χ0) is 13.8. The number of nitriles is 1. The Balaban J connectivity index is 2.56. The predicted octanol–water partition coefficient (Wildman–Crippen LogP) is 4.30. The first kappa shape index (κ1) is 13.9. The molecule has 0 saturated heterocycles. The van der Waals surface area contributed by atoms with Gasteiger partial charge in [-0.05, 0) is 40.3 Å². The standard InChI is InChI=1S/C15H10ClIN2/c16-13-8-11(6-7-14(13)17)15(19)12(9-18)10-4-2-1-3-5-10/h1-8H,19H2/b15-12-. The highest BCUT2D eigenvalue weighted by Crippen LogP contribution is 2.26. The van der Waals surface area contributed by atoms with E-state index in [1.807, 2.05) is 42.5 Å². The maximum atomic E-state index is 9.31. The summed E-state index contributed by atoms with van der Waals surface area (Å²) in [5, 5.41) is 9.94. The number of nitrogens with zero attached hydrogens (tertiary/aromatic N) is 1. The lowest BCUT2D eigenvalue weighted by atomic mass is 10.0. The highest BCUT2D eigenvalue weighted by atomic mass is 127. The van der Waals surface area contributed by atoms with Crippen LogP contribution in [0.2, 0.25) is 5.02 Å². The van der Waals surface area contributed by atoms with Crippen LogP contribution in [-0.2, 0) is 0 Å². The van der Waals surface area contributed by atoms with Crippen molar-refractivity contribution in [2.24, 2.45) is 5.73 Å². The summed E-state index contributed by atoms with van der Waals surface area (Å²) in [5.41, 5.74) is 8.55. The van der Waals surface area contributed by atoms with Gasteiger partial charge in [-0.15, -0.1) is 0 Å². The Morgan fingerprint density at radius 3 is 2.37 bits per heavy atom. The summed E-state index contributed by atoms with van der Waals surface area (Å²) in [6.07, 6.45) is 0. The Bertz CT molecular complexity index is 672. The van der Waals surface area contributed by atoms with Gasteiger partial charge in [0.15, 0.2) is 0 Å². The average Bonchev–Trinajstić information content (AvgIpc) is 2.44. The topological polar surface area (TPSA) is 49.8 Å². The van der Waals surface area contributed by atoms with Crippen LogP contribution >= 0.6 is 34.2 Å². The molecule has 0 bridgehead atoms. The first-order chi connectivity index (χ1) is 9.13. The molecule has 0 fully saturated rings. The molecule has 19 heavy (non-hydrogen) atoms. The number of hydrogen-bond acceptors (Lipinski definition) is 2. The molecule has 0 atom stereocenters. The molecule has 0 radical (unpaired) electrons. The van der Waals surface area contributed by atoms with Crippen molar-refractivity contribution >= 4 is 45.5 Å². The third kappa shape index (κ3) is 3.09. The van der Waals surface area contributed by atoms with E-state index in [1.54, 1.807) is 6.07 Å². The van der Waals surface area contributed by atoms with Gasteiger partial charge in [0.05, 0.1) is 16.3 Å². The van der Waals surface area contributed by atoms with Crippen molar-refractivity contribution in [1.82, 2.24) is 0 Å². The zero-order valence-electron chi connectivity index (χ0n) is 9.90. The maximum Gasteiger partial charge on any atom is 0.102 e. The number of nitrogens with two attached hydrogens (primary N) is 1. The van der Waals surface area contributed by atoms with Gasteiger partial charge in [0.2, 0.25) is 0 Å². The summed E-state index contributed by atoms with van der Waals surface area (Å²) >= 11 is 8.23. The number of rotatable bonds is 2. The molecule has 94 valence electrons. The highest BCUT2D eigenvalue weighted by Gasteiger charge is 2.09. The molecule has 2 aromatic carbocycles. The molecule has 0 unspecified atom stereocenters. The largest absolute Gasteiger partial charge is 0.397 e. The van der Waals surface area contributed by atoms with Crippen LogP contribution in [0.3, 0.4) is 0 Å². The van der Waals surface area contributed by atoms with Gasteiger partial charge in [-0.25, -0.2) is 0 Å². The van der Waals surface area contributed by atoms with Crippen molar-refractivity contribution in [3.8, 4) is 6.07 Å². The van der Waals surface area contributed by atoms with E-state index < -0.39 is 0 Å². The van der Waals surface area contributed by atoms with Crippen molar-refractivity contribution in [2.45, 2.75) is 0 Å². The van der Waals surface area contributed by atoms with Gasteiger partial charge in [-0.1, -0.05) is 48.0 Å². The van der Waals surface area contributed by atoms with Gasteiger partial charge < -0.3 is 5.73 Å². The Kier molecular flexibility index (Phi) is 4.46. The van der Waals surface area contributed by atoms with Crippen LogP contribution in [0.5, 0.6) is 0 Å². The number of hydrogen-bond donors (Lipinski definition) is 1. The minimum absolute atomic E-state index is 0.437. The van der Waals surface area contributed by atoms with E-state index in [4.69, 9.17) is 17.3 Å². The van der Waals surface area contributed by atoms with Gasteiger partial charge >= 0.3 is 0 Å². The van der Waals surface area contributed by atoms with Gasteiger partial charge in [0.25, 0.3) is 0 Å². The summed E-state index contributed by atoms with van der Waals surface area (Å²) in [6, 6.07) is 17.1. The van der Waals surface area contributed by atoms with E-state index in [2.05, 4.69) is 28.7 Å².